The van der Waals surface area contributed by atoms with E-state index in [-0.39, 0.29) is 24.7 Å². The summed E-state index contributed by atoms with van der Waals surface area (Å²) in [6.07, 6.45) is 0.488. The fraction of sp³-hybridized carbons (Fsp3) is 0.250. The average Bonchev–Trinajstić information content (AvgIpc) is 3.39. The lowest BCUT2D eigenvalue weighted by Gasteiger charge is -2.42. The summed E-state index contributed by atoms with van der Waals surface area (Å²) in [7, 11) is 0. The number of nitrogens with zero attached hydrogens (tertiary/aromatic N) is 1. The molecule has 3 aromatic rings. The lowest BCUT2D eigenvalue weighted by Crippen LogP contribution is -2.46. The third-order valence-corrected chi connectivity index (χ3v) is 7.87. The number of ketones is 1. The van der Waals surface area contributed by atoms with Crippen molar-refractivity contribution in [1.29, 1.82) is 0 Å². The molecule has 1 aromatic heterocycles. The van der Waals surface area contributed by atoms with Crippen molar-refractivity contribution in [2.45, 2.75) is 31.6 Å². The third-order valence-electron chi connectivity index (χ3n) is 6.64. The van der Waals surface area contributed by atoms with Crippen LogP contribution in [0.3, 0.4) is 0 Å². The smallest absolute Gasteiger partial charge is 0.317 e. The second-order valence-corrected chi connectivity index (χ2v) is 10.1. The highest BCUT2D eigenvalue weighted by Gasteiger charge is 2.50. The number of rotatable bonds is 5. The number of hydrogen-bond donors (Lipinski definition) is 0. The van der Waals surface area contributed by atoms with E-state index in [4.69, 9.17) is 16.3 Å². The number of ether oxygens (including phenoxy) is 1. The second-order valence-electron chi connectivity index (χ2n) is 8.66. The monoisotopic (exact) mass is 505 g/mol. The van der Waals surface area contributed by atoms with Crippen LogP contribution in [-0.2, 0) is 19.1 Å². The quantitative estimate of drug-likeness (QED) is 0.310. The summed E-state index contributed by atoms with van der Waals surface area (Å²) < 4.78 is 5.37. The SMILES string of the molecule is CCOC(=O)[C@@H]1C(=O)C2=C(C[C@H]1c1cccs1)N(c1ccccc1)C(=O)C[C@H]2c1cccc(Cl)c1. The van der Waals surface area contributed by atoms with Crippen LogP contribution >= 0.6 is 22.9 Å². The van der Waals surface area contributed by atoms with Gasteiger partial charge in [0.15, 0.2) is 5.78 Å². The summed E-state index contributed by atoms with van der Waals surface area (Å²) in [6, 6.07) is 20.5. The standard InChI is InChI=1S/C28H24ClNO4S/c1-2-34-28(33)26-21(23-12-7-13-35-23)15-22-25(27(26)32)20(17-8-6-9-18(29)14-17)16-24(31)30(22)19-10-4-3-5-11-19/h3-14,20-21,26H,2,15-16H2,1H3/t20-,21-,26-/m0/s1. The van der Waals surface area contributed by atoms with Crippen molar-refractivity contribution in [2.75, 3.05) is 11.5 Å². The molecule has 5 rings (SSSR count). The van der Waals surface area contributed by atoms with E-state index in [2.05, 4.69) is 0 Å². The van der Waals surface area contributed by atoms with Gasteiger partial charge in [0.2, 0.25) is 5.91 Å². The predicted molar refractivity (Wildman–Crippen MR) is 137 cm³/mol. The van der Waals surface area contributed by atoms with Crippen LogP contribution in [0, 0.1) is 5.92 Å². The van der Waals surface area contributed by atoms with E-state index in [1.165, 1.54) is 11.3 Å². The Balaban J connectivity index is 1.72. The molecule has 0 radical (unpaired) electrons. The van der Waals surface area contributed by atoms with Gasteiger partial charge in [0.25, 0.3) is 0 Å². The van der Waals surface area contributed by atoms with Gasteiger partial charge in [0.05, 0.1) is 6.61 Å². The number of thiophene rings is 1. The molecule has 2 aliphatic rings. The van der Waals surface area contributed by atoms with Crippen molar-refractivity contribution in [3.63, 3.8) is 0 Å². The maximum atomic E-state index is 14.2. The third kappa shape index (κ3) is 4.32. The number of halogens is 1. The molecule has 178 valence electrons. The van der Waals surface area contributed by atoms with Gasteiger partial charge in [-0.2, -0.15) is 0 Å². The van der Waals surface area contributed by atoms with Gasteiger partial charge in [0.1, 0.15) is 5.92 Å². The van der Waals surface area contributed by atoms with Crippen molar-refractivity contribution >= 4 is 46.3 Å². The first-order valence-corrected chi connectivity index (χ1v) is 12.9. The first kappa shape index (κ1) is 23.5. The Kier molecular flexibility index (Phi) is 6.58. The molecule has 7 heteroatoms. The number of Topliss-reactive ketones (excluding diaryl/α,β-unsaturated/α-hetero) is 1. The fourth-order valence-corrected chi connectivity index (χ4v) is 6.25. The van der Waals surface area contributed by atoms with E-state index < -0.39 is 23.7 Å². The lowest BCUT2D eigenvalue weighted by atomic mass is 9.69. The molecule has 0 spiro atoms. The molecule has 0 saturated heterocycles. The topological polar surface area (TPSA) is 63.7 Å². The molecule has 0 unspecified atom stereocenters. The Labute approximate surface area is 213 Å². The van der Waals surface area contributed by atoms with Gasteiger partial charge in [-0.05, 0) is 54.6 Å². The molecule has 2 aromatic carbocycles. The fourth-order valence-electron chi connectivity index (χ4n) is 5.19. The Hall–Kier alpha value is -3.22. The van der Waals surface area contributed by atoms with Gasteiger partial charge in [-0.15, -0.1) is 11.3 Å². The summed E-state index contributed by atoms with van der Waals surface area (Å²) in [5.41, 5.74) is 2.65. The van der Waals surface area contributed by atoms with E-state index in [0.717, 1.165) is 10.4 Å². The molecule has 0 fully saturated rings. The molecule has 1 aliphatic carbocycles. The number of carbonyl (C=O) groups is 3. The summed E-state index contributed by atoms with van der Waals surface area (Å²) in [6.45, 7) is 1.93. The summed E-state index contributed by atoms with van der Waals surface area (Å²) in [5.74, 6) is -2.73. The van der Waals surface area contributed by atoms with Crippen LogP contribution in [-0.4, -0.2) is 24.3 Å². The first-order valence-electron chi connectivity index (χ1n) is 11.6. The minimum absolute atomic E-state index is 0.0905. The molecule has 3 atom stereocenters. The number of allylic oxidation sites excluding steroid dienone is 2. The molecule has 1 amide bonds. The number of amides is 1. The molecule has 0 saturated carbocycles. The number of carbonyl (C=O) groups excluding carboxylic acids is 3. The van der Waals surface area contributed by atoms with E-state index >= 15 is 0 Å². The predicted octanol–water partition coefficient (Wildman–Crippen LogP) is 6.11. The Morgan fingerprint density at radius 3 is 2.54 bits per heavy atom. The van der Waals surface area contributed by atoms with Crippen molar-refractivity contribution in [2.24, 2.45) is 5.92 Å². The Bertz CT molecular complexity index is 1300. The van der Waals surface area contributed by atoms with E-state index in [9.17, 15) is 14.4 Å². The molecule has 2 heterocycles. The highest BCUT2D eigenvalue weighted by Crippen LogP contribution is 2.50. The molecule has 0 N–H and O–H groups in total. The van der Waals surface area contributed by atoms with Crippen LogP contribution in [0.15, 0.2) is 83.4 Å². The van der Waals surface area contributed by atoms with Gasteiger partial charge in [0, 0.05) is 45.1 Å². The molecule has 5 nitrogen and oxygen atoms in total. The number of benzene rings is 2. The number of anilines is 1. The Morgan fingerprint density at radius 2 is 1.86 bits per heavy atom. The summed E-state index contributed by atoms with van der Waals surface area (Å²) in [4.78, 5) is 43.5. The van der Waals surface area contributed by atoms with Gasteiger partial charge in [-0.3, -0.25) is 19.3 Å². The maximum absolute atomic E-state index is 14.2. The van der Waals surface area contributed by atoms with Crippen LogP contribution in [0.4, 0.5) is 5.69 Å². The van der Waals surface area contributed by atoms with Crippen LogP contribution in [0.1, 0.15) is 42.0 Å². The molecule has 35 heavy (non-hydrogen) atoms. The minimum atomic E-state index is -0.958. The van der Waals surface area contributed by atoms with Gasteiger partial charge in [-0.1, -0.05) is 48.0 Å². The van der Waals surface area contributed by atoms with Crippen molar-refractivity contribution in [3.8, 4) is 0 Å². The second kappa shape index (κ2) is 9.80. The minimum Gasteiger partial charge on any atom is -0.465 e. The van der Waals surface area contributed by atoms with Gasteiger partial charge in [-0.25, -0.2) is 0 Å². The van der Waals surface area contributed by atoms with E-state index in [1.807, 2.05) is 60.0 Å². The molecule has 1 aliphatic heterocycles. The van der Waals surface area contributed by atoms with Crippen molar-refractivity contribution in [3.05, 3.63) is 98.8 Å². The summed E-state index contributed by atoms with van der Waals surface area (Å²) in [5, 5.41) is 2.46. The van der Waals surface area contributed by atoms with Crippen LogP contribution < -0.4 is 4.90 Å². The van der Waals surface area contributed by atoms with Gasteiger partial charge >= 0.3 is 5.97 Å². The van der Waals surface area contributed by atoms with E-state index in [1.54, 1.807) is 24.0 Å². The first-order chi connectivity index (χ1) is 17.0. The zero-order valence-corrected chi connectivity index (χ0v) is 20.7. The molecule has 0 bridgehead atoms. The maximum Gasteiger partial charge on any atom is 0.317 e. The zero-order valence-electron chi connectivity index (χ0n) is 19.1. The number of hydrogen-bond acceptors (Lipinski definition) is 5. The van der Waals surface area contributed by atoms with Gasteiger partial charge < -0.3 is 4.74 Å². The normalized spacial score (nSPS) is 22.2. The van der Waals surface area contributed by atoms with Crippen molar-refractivity contribution < 1.29 is 19.1 Å². The zero-order chi connectivity index (χ0) is 24.5. The van der Waals surface area contributed by atoms with Crippen LogP contribution in [0.5, 0.6) is 0 Å². The molecular formula is C28H24ClNO4S. The lowest BCUT2D eigenvalue weighted by molar-refractivity contribution is -0.152. The van der Waals surface area contributed by atoms with Crippen LogP contribution in [0.25, 0.3) is 0 Å². The van der Waals surface area contributed by atoms with Crippen molar-refractivity contribution in [1.82, 2.24) is 0 Å². The van der Waals surface area contributed by atoms with E-state index in [0.29, 0.717) is 28.4 Å². The average molecular weight is 506 g/mol. The highest BCUT2D eigenvalue weighted by molar-refractivity contribution is 7.10. The Morgan fingerprint density at radius 1 is 1.06 bits per heavy atom. The molecular weight excluding hydrogens is 482 g/mol. The highest BCUT2D eigenvalue weighted by atomic mass is 35.5. The van der Waals surface area contributed by atoms with Crippen LogP contribution in [0.2, 0.25) is 5.02 Å². The summed E-state index contributed by atoms with van der Waals surface area (Å²) >= 11 is 7.78. The largest absolute Gasteiger partial charge is 0.465 e. The number of para-hydroxylation sites is 1. The number of esters is 1.